The van der Waals surface area contributed by atoms with Gasteiger partial charge in [0.05, 0.1) is 5.56 Å². The molecule has 0 spiro atoms. The Bertz CT molecular complexity index is 1180. The zero-order chi connectivity index (χ0) is 24.5. The number of amides is 1. The quantitative estimate of drug-likeness (QED) is 0.406. The van der Waals surface area contributed by atoms with Crippen LogP contribution in [-0.4, -0.2) is 22.9 Å². The molecule has 0 bridgehead atoms. The second-order valence-corrected chi connectivity index (χ2v) is 8.20. The number of hydrogen-bond donors (Lipinski definition) is 0. The summed E-state index contributed by atoms with van der Waals surface area (Å²) in [5, 5.41) is 0. The normalized spacial score (nSPS) is 14.9. The number of rotatable bonds is 6. The summed E-state index contributed by atoms with van der Waals surface area (Å²) >= 11 is 0. The van der Waals surface area contributed by atoms with Crippen molar-refractivity contribution in [3.8, 4) is 17.2 Å². The summed E-state index contributed by atoms with van der Waals surface area (Å²) < 4.78 is 65.7. The number of hydrogen-bond acceptors (Lipinski definition) is 4. The molecule has 5 nitrogen and oxygen atoms in total. The minimum absolute atomic E-state index is 0.0963. The van der Waals surface area contributed by atoms with Gasteiger partial charge in [-0.15, -0.1) is 13.2 Å². The molecule has 1 aliphatic rings. The number of carbonyl (C=O) groups is 1. The predicted molar refractivity (Wildman–Crippen MR) is 115 cm³/mol. The van der Waals surface area contributed by atoms with Crippen LogP contribution in [0.1, 0.15) is 35.3 Å². The Morgan fingerprint density at radius 1 is 0.912 bits per heavy atom. The van der Waals surface area contributed by atoms with Gasteiger partial charge in [-0.2, -0.15) is 0 Å². The van der Waals surface area contributed by atoms with E-state index >= 15 is 0 Å². The summed E-state index contributed by atoms with van der Waals surface area (Å²) in [7, 11) is 0. The third-order valence-corrected chi connectivity index (χ3v) is 5.25. The van der Waals surface area contributed by atoms with Gasteiger partial charge in [0.1, 0.15) is 29.7 Å². The number of carbonyl (C=O) groups excluding carboxylic acids is 1. The standard InChI is InChI=1S/C25H21F4NO4/c1-24(2)30(14-16-3-7-18(26)8-4-16)23(31)21-12-11-20(13-22(21)34-24)32-15-17-5-9-19(10-6-17)33-25(27,28)29/h3-13H,14-15H2,1-2H3. The van der Waals surface area contributed by atoms with Gasteiger partial charge in [-0.25, -0.2) is 4.39 Å². The van der Waals surface area contributed by atoms with Crippen LogP contribution in [0.5, 0.6) is 17.2 Å². The van der Waals surface area contributed by atoms with Crippen LogP contribution in [0, 0.1) is 5.82 Å². The Balaban J connectivity index is 1.45. The summed E-state index contributed by atoms with van der Waals surface area (Å²) in [5.41, 5.74) is 0.796. The van der Waals surface area contributed by atoms with Gasteiger partial charge >= 0.3 is 6.36 Å². The van der Waals surface area contributed by atoms with Crippen LogP contribution in [0.3, 0.4) is 0 Å². The summed E-state index contributed by atoms with van der Waals surface area (Å²) in [4.78, 5) is 14.7. The van der Waals surface area contributed by atoms with Gasteiger partial charge < -0.3 is 14.2 Å². The van der Waals surface area contributed by atoms with Gasteiger partial charge in [0, 0.05) is 12.6 Å². The summed E-state index contributed by atoms with van der Waals surface area (Å²) in [6.45, 7) is 3.86. The molecule has 0 aliphatic carbocycles. The topological polar surface area (TPSA) is 48.0 Å². The van der Waals surface area contributed by atoms with Crippen LogP contribution in [0.4, 0.5) is 17.6 Å². The first-order valence-electron chi connectivity index (χ1n) is 10.4. The van der Waals surface area contributed by atoms with Crippen LogP contribution in [0.15, 0.2) is 66.7 Å². The number of benzene rings is 3. The molecule has 0 unspecified atom stereocenters. The van der Waals surface area contributed by atoms with E-state index in [1.807, 2.05) is 0 Å². The molecule has 1 heterocycles. The maximum atomic E-state index is 13.2. The molecule has 3 aromatic rings. The fourth-order valence-electron chi connectivity index (χ4n) is 3.56. The lowest BCUT2D eigenvalue weighted by Gasteiger charge is -2.42. The zero-order valence-electron chi connectivity index (χ0n) is 18.4. The Morgan fingerprint density at radius 2 is 1.53 bits per heavy atom. The molecule has 0 saturated carbocycles. The fourth-order valence-corrected chi connectivity index (χ4v) is 3.56. The first kappa shape index (κ1) is 23.4. The number of ether oxygens (including phenoxy) is 3. The summed E-state index contributed by atoms with van der Waals surface area (Å²) in [6.07, 6.45) is -4.75. The molecular weight excluding hydrogens is 454 g/mol. The third-order valence-electron chi connectivity index (χ3n) is 5.25. The molecule has 178 valence electrons. The fraction of sp³-hybridized carbons (Fsp3) is 0.240. The first-order chi connectivity index (χ1) is 16.0. The highest BCUT2D eigenvalue weighted by Gasteiger charge is 2.40. The van der Waals surface area contributed by atoms with E-state index in [0.717, 1.165) is 5.56 Å². The second-order valence-electron chi connectivity index (χ2n) is 8.20. The van der Waals surface area contributed by atoms with Crippen molar-refractivity contribution in [3.63, 3.8) is 0 Å². The molecule has 0 saturated heterocycles. The van der Waals surface area contributed by atoms with Crippen molar-refractivity contribution in [2.75, 3.05) is 0 Å². The highest BCUT2D eigenvalue weighted by Crippen LogP contribution is 2.37. The Labute approximate surface area is 193 Å². The molecule has 9 heteroatoms. The summed E-state index contributed by atoms with van der Waals surface area (Å²) in [5.74, 6) is -0.110. The molecule has 0 aromatic heterocycles. The minimum atomic E-state index is -4.75. The van der Waals surface area contributed by atoms with Crippen LogP contribution in [-0.2, 0) is 13.2 Å². The van der Waals surface area contributed by atoms with Crippen LogP contribution in [0.25, 0.3) is 0 Å². The van der Waals surface area contributed by atoms with Crippen molar-refractivity contribution in [3.05, 3.63) is 89.2 Å². The molecule has 0 N–H and O–H groups in total. The number of halogens is 4. The average Bonchev–Trinajstić information content (AvgIpc) is 2.76. The van der Waals surface area contributed by atoms with Crippen LogP contribution in [0.2, 0.25) is 0 Å². The van der Waals surface area contributed by atoms with Gasteiger partial charge in [0.25, 0.3) is 5.91 Å². The van der Waals surface area contributed by atoms with Gasteiger partial charge in [-0.3, -0.25) is 9.69 Å². The van der Waals surface area contributed by atoms with E-state index < -0.39 is 12.1 Å². The zero-order valence-corrected chi connectivity index (χ0v) is 18.4. The highest BCUT2D eigenvalue weighted by molar-refractivity contribution is 5.98. The lowest BCUT2D eigenvalue weighted by atomic mass is 10.0. The number of nitrogens with zero attached hydrogens (tertiary/aromatic N) is 1. The lowest BCUT2D eigenvalue weighted by Crippen LogP contribution is -2.54. The Kier molecular flexibility index (Phi) is 6.12. The maximum Gasteiger partial charge on any atom is 0.573 e. The molecule has 0 radical (unpaired) electrons. The Hall–Kier alpha value is -3.75. The monoisotopic (exact) mass is 475 g/mol. The molecule has 0 fully saturated rings. The van der Waals surface area contributed by atoms with Gasteiger partial charge in [0.15, 0.2) is 5.72 Å². The molecule has 1 aliphatic heterocycles. The Morgan fingerprint density at radius 3 is 2.18 bits per heavy atom. The molecule has 4 rings (SSSR count). The van der Waals surface area contributed by atoms with Crippen molar-refractivity contribution in [1.82, 2.24) is 4.90 Å². The third kappa shape index (κ3) is 5.41. The smallest absolute Gasteiger partial charge is 0.489 e. The molecule has 1 amide bonds. The molecule has 0 atom stereocenters. The van der Waals surface area contributed by atoms with E-state index in [9.17, 15) is 22.4 Å². The molecule has 34 heavy (non-hydrogen) atoms. The van der Waals surface area contributed by atoms with Crippen molar-refractivity contribution >= 4 is 5.91 Å². The van der Waals surface area contributed by atoms with Crippen molar-refractivity contribution in [2.45, 2.75) is 39.1 Å². The van der Waals surface area contributed by atoms with E-state index in [2.05, 4.69) is 4.74 Å². The second kappa shape index (κ2) is 8.89. The first-order valence-corrected chi connectivity index (χ1v) is 10.4. The van der Waals surface area contributed by atoms with Gasteiger partial charge in [0.2, 0.25) is 0 Å². The maximum absolute atomic E-state index is 13.2. The minimum Gasteiger partial charge on any atom is -0.489 e. The SMILES string of the molecule is CC1(C)Oc2cc(OCc3ccc(OC(F)(F)F)cc3)ccc2C(=O)N1Cc1ccc(F)cc1. The van der Waals surface area contributed by atoms with E-state index in [1.165, 1.54) is 36.4 Å². The van der Waals surface area contributed by atoms with Gasteiger partial charge in [-0.05, 0) is 61.4 Å². The van der Waals surface area contributed by atoms with Crippen LogP contribution < -0.4 is 14.2 Å². The highest BCUT2D eigenvalue weighted by atomic mass is 19.4. The predicted octanol–water partition coefficient (Wildman–Crippen LogP) is 6.07. The van der Waals surface area contributed by atoms with Crippen molar-refractivity contribution in [2.24, 2.45) is 0 Å². The van der Waals surface area contributed by atoms with Crippen LogP contribution >= 0.6 is 0 Å². The van der Waals surface area contributed by atoms with E-state index in [4.69, 9.17) is 9.47 Å². The summed E-state index contributed by atoms with van der Waals surface area (Å²) in [6, 6.07) is 16.1. The number of fused-ring (bicyclic) bond motifs is 1. The molecular formula is C25H21F4NO4. The van der Waals surface area contributed by atoms with Gasteiger partial charge in [-0.1, -0.05) is 24.3 Å². The lowest BCUT2D eigenvalue weighted by molar-refractivity contribution is -0.274. The van der Waals surface area contributed by atoms with E-state index in [0.29, 0.717) is 22.6 Å². The van der Waals surface area contributed by atoms with E-state index in [-0.39, 0.29) is 30.6 Å². The van der Waals surface area contributed by atoms with Crippen molar-refractivity contribution < 1.29 is 36.6 Å². The van der Waals surface area contributed by atoms with Crippen molar-refractivity contribution in [1.29, 1.82) is 0 Å². The average molecular weight is 475 g/mol. The molecule has 3 aromatic carbocycles. The van der Waals surface area contributed by atoms with E-state index in [1.54, 1.807) is 49.1 Å². The number of alkyl halides is 3. The largest absolute Gasteiger partial charge is 0.573 e.